The zero-order valence-electron chi connectivity index (χ0n) is 18.1. The second-order valence-corrected chi connectivity index (χ2v) is 8.16. The van der Waals surface area contributed by atoms with E-state index in [0.29, 0.717) is 12.8 Å². The molecule has 2 N–H and O–H groups in total. The average Bonchev–Trinajstić information content (AvgIpc) is 2.68. The van der Waals surface area contributed by atoms with E-state index in [9.17, 15) is 13.2 Å². The van der Waals surface area contributed by atoms with Crippen molar-refractivity contribution in [3.05, 3.63) is 72.9 Å². The first-order valence-corrected chi connectivity index (χ1v) is 12.2. The summed E-state index contributed by atoms with van der Waals surface area (Å²) in [5, 5.41) is 2.45. The summed E-state index contributed by atoms with van der Waals surface area (Å²) in [5.41, 5.74) is 0. The van der Waals surface area contributed by atoms with E-state index in [4.69, 9.17) is 4.55 Å². The minimum absolute atomic E-state index is 0.0680. The van der Waals surface area contributed by atoms with Crippen molar-refractivity contribution in [3.8, 4) is 0 Å². The number of allylic oxidation sites excluding steroid dienone is 12. The van der Waals surface area contributed by atoms with Crippen molar-refractivity contribution in [1.82, 2.24) is 5.32 Å². The Kier molecular flexibility index (Phi) is 18.6. The van der Waals surface area contributed by atoms with Gasteiger partial charge >= 0.3 is 0 Å². The number of rotatable bonds is 17. The third-order valence-electron chi connectivity index (χ3n) is 3.82. The van der Waals surface area contributed by atoms with Gasteiger partial charge in [0.2, 0.25) is 5.91 Å². The van der Waals surface area contributed by atoms with Crippen LogP contribution in [0.15, 0.2) is 72.9 Å². The number of hydrogen-bond donors (Lipinski definition) is 2. The molecule has 0 bridgehead atoms. The molecule has 0 aromatic carbocycles. The number of hydrogen-bond acceptors (Lipinski definition) is 3. The maximum Gasteiger partial charge on any atom is 0.266 e. The summed E-state index contributed by atoms with van der Waals surface area (Å²) in [6.07, 6.45) is 32.2. The highest BCUT2D eigenvalue weighted by molar-refractivity contribution is 7.85. The molecule has 1 amide bonds. The summed E-state index contributed by atoms with van der Waals surface area (Å²) in [4.78, 5) is 11.5. The SMILES string of the molecule is CCC=CCC=CCC=CCC=CCC=CCC=CCCC(=O)NCCS(=O)(=O)O. The molecule has 6 heteroatoms. The number of amides is 1. The molecule has 0 aromatic heterocycles. The highest BCUT2D eigenvalue weighted by atomic mass is 32.2. The number of nitrogens with one attached hydrogen (secondary N) is 1. The summed E-state index contributed by atoms with van der Waals surface area (Å²) in [7, 11) is -4.02. The molecular formula is C24H37NO4S. The largest absolute Gasteiger partial charge is 0.355 e. The first-order chi connectivity index (χ1) is 14.5. The molecule has 0 spiro atoms. The molecule has 0 saturated heterocycles. The lowest BCUT2D eigenvalue weighted by Gasteiger charge is -2.01. The Labute approximate surface area is 182 Å². The van der Waals surface area contributed by atoms with Crippen LogP contribution in [0.4, 0.5) is 0 Å². The monoisotopic (exact) mass is 435 g/mol. The second-order valence-electron chi connectivity index (χ2n) is 6.59. The van der Waals surface area contributed by atoms with E-state index in [1.165, 1.54) is 0 Å². The number of carbonyl (C=O) groups excluding carboxylic acids is 1. The van der Waals surface area contributed by atoms with Gasteiger partial charge < -0.3 is 5.32 Å². The highest BCUT2D eigenvalue weighted by Gasteiger charge is 2.05. The molecule has 0 atom stereocenters. The van der Waals surface area contributed by atoms with Crippen LogP contribution in [0.5, 0.6) is 0 Å². The fourth-order valence-electron chi connectivity index (χ4n) is 2.26. The van der Waals surface area contributed by atoms with Crippen LogP contribution in [0.3, 0.4) is 0 Å². The molecule has 0 saturated carbocycles. The Morgan fingerprint density at radius 3 is 1.53 bits per heavy atom. The van der Waals surface area contributed by atoms with Gasteiger partial charge in [0.25, 0.3) is 10.1 Å². The van der Waals surface area contributed by atoms with Gasteiger partial charge in [-0.2, -0.15) is 8.42 Å². The van der Waals surface area contributed by atoms with E-state index >= 15 is 0 Å². The van der Waals surface area contributed by atoms with Gasteiger partial charge in [0.05, 0.1) is 5.75 Å². The van der Waals surface area contributed by atoms with E-state index in [0.717, 1.165) is 38.5 Å². The Morgan fingerprint density at radius 1 is 0.733 bits per heavy atom. The van der Waals surface area contributed by atoms with Crippen LogP contribution in [0.2, 0.25) is 0 Å². The van der Waals surface area contributed by atoms with Gasteiger partial charge in [0.1, 0.15) is 0 Å². The molecule has 0 radical (unpaired) electrons. The van der Waals surface area contributed by atoms with Crippen LogP contribution in [-0.2, 0) is 14.9 Å². The van der Waals surface area contributed by atoms with E-state index in [2.05, 4.69) is 73.0 Å². The first kappa shape index (κ1) is 27.8. The lowest BCUT2D eigenvalue weighted by molar-refractivity contribution is -0.120. The standard InChI is InChI=1S/C24H37NO4S/c1-2-3-4-5-6-7-8-9-10-11-12-13-14-15-16-17-18-19-20-21-24(26)25-22-23-30(27,28)29/h3-4,6-7,9-10,12-13,15-16,18-19H,2,5,8,11,14,17,20-23H2,1H3,(H,25,26)(H,27,28,29). The Hall–Kier alpha value is -2.18. The Balaban J connectivity index is 3.62. The molecule has 0 aliphatic rings. The van der Waals surface area contributed by atoms with Crippen LogP contribution < -0.4 is 5.32 Å². The molecule has 0 aliphatic carbocycles. The minimum Gasteiger partial charge on any atom is -0.355 e. The van der Waals surface area contributed by atoms with Gasteiger partial charge in [-0.1, -0.05) is 79.8 Å². The number of carbonyl (C=O) groups is 1. The zero-order chi connectivity index (χ0) is 22.3. The molecule has 0 unspecified atom stereocenters. The van der Waals surface area contributed by atoms with Crippen LogP contribution in [0.25, 0.3) is 0 Å². The molecular weight excluding hydrogens is 398 g/mol. The fraction of sp³-hybridized carbons (Fsp3) is 0.458. The quantitative estimate of drug-likeness (QED) is 0.234. The van der Waals surface area contributed by atoms with Crippen molar-refractivity contribution in [2.45, 2.75) is 58.3 Å². The predicted molar refractivity (Wildman–Crippen MR) is 127 cm³/mol. The van der Waals surface area contributed by atoms with Crippen LogP contribution in [-0.4, -0.2) is 31.2 Å². The van der Waals surface area contributed by atoms with Crippen molar-refractivity contribution in [2.75, 3.05) is 12.3 Å². The second kappa shape index (κ2) is 20.1. The Bertz CT molecular complexity index is 713. The molecule has 0 aliphatic heterocycles. The lowest BCUT2D eigenvalue weighted by atomic mass is 10.2. The highest BCUT2D eigenvalue weighted by Crippen LogP contribution is 1.97. The third kappa shape index (κ3) is 23.9. The molecule has 5 nitrogen and oxygen atoms in total. The smallest absolute Gasteiger partial charge is 0.266 e. The normalized spacial score (nSPS) is 13.3. The zero-order valence-corrected chi connectivity index (χ0v) is 18.9. The summed E-state index contributed by atoms with van der Waals surface area (Å²) < 4.78 is 29.6. The van der Waals surface area contributed by atoms with Crippen LogP contribution in [0, 0.1) is 0 Å². The van der Waals surface area contributed by atoms with E-state index in [-0.39, 0.29) is 12.5 Å². The minimum atomic E-state index is -4.02. The maximum atomic E-state index is 11.5. The fourth-order valence-corrected chi connectivity index (χ4v) is 2.62. The third-order valence-corrected chi connectivity index (χ3v) is 4.54. The van der Waals surface area contributed by atoms with Gasteiger partial charge in [-0.3, -0.25) is 9.35 Å². The summed E-state index contributed by atoms with van der Waals surface area (Å²) >= 11 is 0. The average molecular weight is 436 g/mol. The van der Waals surface area contributed by atoms with Gasteiger partial charge in [-0.05, 0) is 44.9 Å². The van der Waals surface area contributed by atoms with E-state index in [1.54, 1.807) is 0 Å². The van der Waals surface area contributed by atoms with Crippen LogP contribution in [0.1, 0.15) is 58.3 Å². The van der Waals surface area contributed by atoms with Gasteiger partial charge in [-0.25, -0.2) is 0 Å². The Morgan fingerprint density at radius 2 is 1.13 bits per heavy atom. The van der Waals surface area contributed by atoms with Gasteiger partial charge in [0.15, 0.2) is 0 Å². The molecule has 0 fully saturated rings. The summed E-state index contributed by atoms with van der Waals surface area (Å²) in [6.45, 7) is 2.07. The predicted octanol–water partition coefficient (Wildman–Crippen LogP) is 5.47. The molecule has 0 rings (SSSR count). The molecule has 30 heavy (non-hydrogen) atoms. The van der Waals surface area contributed by atoms with Crippen LogP contribution >= 0.6 is 0 Å². The van der Waals surface area contributed by atoms with E-state index in [1.807, 2.05) is 12.2 Å². The topological polar surface area (TPSA) is 83.5 Å². The van der Waals surface area contributed by atoms with Gasteiger partial charge in [0, 0.05) is 13.0 Å². The maximum absolute atomic E-state index is 11.5. The summed E-state index contributed by atoms with van der Waals surface area (Å²) in [6, 6.07) is 0. The van der Waals surface area contributed by atoms with Crippen molar-refractivity contribution < 1.29 is 17.8 Å². The van der Waals surface area contributed by atoms with Crippen molar-refractivity contribution >= 4 is 16.0 Å². The molecule has 0 heterocycles. The lowest BCUT2D eigenvalue weighted by Crippen LogP contribution is -2.28. The first-order valence-electron chi connectivity index (χ1n) is 10.6. The van der Waals surface area contributed by atoms with Crippen molar-refractivity contribution in [1.29, 1.82) is 0 Å². The van der Waals surface area contributed by atoms with Gasteiger partial charge in [-0.15, -0.1) is 0 Å². The van der Waals surface area contributed by atoms with Crippen molar-refractivity contribution in [3.63, 3.8) is 0 Å². The van der Waals surface area contributed by atoms with E-state index < -0.39 is 15.9 Å². The molecule has 0 aromatic rings. The molecule has 168 valence electrons. The summed E-state index contributed by atoms with van der Waals surface area (Å²) in [5.74, 6) is -0.684. The van der Waals surface area contributed by atoms with Crippen molar-refractivity contribution in [2.24, 2.45) is 0 Å².